The lowest BCUT2D eigenvalue weighted by atomic mass is 9.88. The molecule has 120 valence electrons. The third-order valence-corrected chi connectivity index (χ3v) is 5.47. The van der Waals surface area contributed by atoms with Crippen molar-refractivity contribution in [2.45, 2.75) is 19.3 Å². The summed E-state index contributed by atoms with van der Waals surface area (Å²) in [6, 6.07) is 14.8. The van der Waals surface area contributed by atoms with E-state index in [-0.39, 0.29) is 17.6 Å². The van der Waals surface area contributed by atoms with Crippen LogP contribution >= 0.6 is 11.3 Å². The molecular weight excluding hydrogens is 321 g/mol. The highest BCUT2D eigenvalue weighted by atomic mass is 32.1. The number of nitrogens with one attached hydrogen (secondary N) is 1. The van der Waals surface area contributed by atoms with Gasteiger partial charge in [-0.15, -0.1) is 11.3 Å². The summed E-state index contributed by atoms with van der Waals surface area (Å²) in [5.74, 6) is -0.212. The van der Waals surface area contributed by atoms with Gasteiger partial charge in [0.1, 0.15) is 5.82 Å². The van der Waals surface area contributed by atoms with Crippen LogP contribution in [0.4, 0.5) is 10.1 Å². The number of carbonyl (C=O) groups is 1. The zero-order valence-electron chi connectivity index (χ0n) is 13.2. The topological polar surface area (TPSA) is 29.1 Å². The minimum absolute atomic E-state index is 0.00468. The molecule has 0 radical (unpaired) electrons. The van der Waals surface area contributed by atoms with Gasteiger partial charge in [-0.05, 0) is 30.2 Å². The van der Waals surface area contributed by atoms with Crippen LogP contribution in [0.2, 0.25) is 0 Å². The number of aryl methyl sites for hydroxylation is 1. The first kappa shape index (κ1) is 15.1. The van der Waals surface area contributed by atoms with Crippen molar-refractivity contribution >= 4 is 22.9 Å². The predicted molar refractivity (Wildman–Crippen MR) is 96.0 cm³/mol. The van der Waals surface area contributed by atoms with Gasteiger partial charge < -0.3 is 5.32 Å². The summed E-state index contributed by atoms with van der Waals surface area (Å²) in [6.07, 6.45) is 0.444. The molecule has 2 aromatic carbocycles. The number of hydrogen-bond acceptors (Lipinski definition) is 2. The van der Waals surface area contributed by atoms with Gasteiger partial charge in [0.2, 0.25) is 5.91 Å². The second kappa shape index (κ2) is 5.87. The number of thiophene rings is 1. The number of amides is 1. The molecule has 1 N–H and O–H groups in total. The van der Waals surface area contributed by atoms with E-state index >= 15 is 0 Å². The molecule has 1 amide bonds. The maximum absolute atomic E-state index is 13.6. The van der Waals surface area contributed by atoms with Crippen molar-refractivity contribution in [2.24, 2.45) is 0 Å². The predicted octanol–water partition coefficient (Wildman–Crippen LogP) is 5.34. The van der Waals surface area contributed by atoms with Crippen molar-refractivity contribution in [3.63, 3.8) is 0 Å². The van der Waals surface area contributed by atoms with Crippen LogP contribution in [0.15, 0.2) is 53.9 Å². The first-order valence-corrected chi connectivity index (χ1v) is 8.73. The molecule has 0 unspecified atom stereocenters. The molecule has 1 aromatic heterocycles. The van der Waals surface area contributed by atoms with E-state index in [0.29, 0.717) is 6.42 Å². The van der Waals surface area contributed by atoms with Crippen molar-refractivity contribution in [1.29, 1.82) is 0 Å². The Morgan fingerprint density at radius 2 is 2.00 bits per heavy atom. The average molecular weight is 337 g/mol. The molecule has 2 nitrogen and oxygen atoms in total. The smallest absolute Gasteiger partial charge is 0.225 e. The quantitative estimate of drug-likeness (QED) is 0.672. The van der Waals surface area contributed by atoms with Crippen molar-refractivity contribution in [1.82, 2.24) is 0 Å². The fourth-order valence-electron chi connectivity index (χ4n) is 3.25. The third-order valence-electron chi connectivity index (χ3n) is 4.37. The summed E-state index contributed by atoms with van der Waals surface area (Å²) >= 11 is 1.63. The molecule has 1 aliphatic heterocycles. The molecular formula is C20H16FNOS. The normalized spacial score (nSPS) is 16.6. The number of hydrogen-bond donors (Lipinski definition) is 1. The van der Waals surface area contributed by atoms with E-state index in [4.69, 9.17) is 0 Å². The van der Waals surface area contributed by atoms with Crippen molar-refractivity contribution in [3.05, 3.63) is 75.7 Å². The van der Waals surface area contributed by atoms with Crippen LogP contribution in [0.3, 0.4) is 0 Å². The Balaban J connectivity index is 1.83. The Morgan fingerprint density at radius 1 is 1.17 bits per heavy atom. The third kappa shape index (κ3) is 2.63. The minimum Gasteiger partial charge on any atom is -0.325 e. The molecule has 0 fully saturated rings. The van der Waals surface area contributed by atoms with E-state index in [1.807, 2.05) is 17.5 Å². The molecule has 4 heteroatoms. The lowest BCUT2D eigenvalue weighted by Crippen LogP contribution is -2.22. The molecule has 1 atom stereocenters. The van der Waals surface area contributed by atoms with Crippen LogP contribution in [-0.2, 0) is 4.79 Å². The van der Waals surface area contributed by atoms with Crippen LogP contribution in [0, 0.1) is 12.7 Å². The molecule has 0 saturated heterocycles. The largest absolute Gasteiger partial charge is 0.325 e. The summed E-state index contributed by atoms with van der Waals surface area (Å²) in [5, 5.41) is 5.00. The fourth-order valence-corrected chi connectivity index (χ4v) is 4.41. The first-order chi connectivity index (χ1) is 11.6. The van der Waals surface area contributed by atoms with E-state index in [1.165, 1.54) is 17.7 Å². The highest BCUT2D eigenvalue weighted by Crippen LogP contribution is 2.46. The average Bonchev–Trinajstić information content (AvgIpc) is 2.97. The lowest BCUT2D eigenvalue weighted by Gasteiger charge is -2.24. The van der Waals surface area contributed by atoms with E-state index in [9.17, 15) is 9.18 Å². The van der Waals surface area contributed by atoms with Crippen LogP contribution in [0.1, 0.15) is 28.3 Å². The summed E-state index contributed by atoms with van der Waals surface area (Å²) in [4.78, 5) is 13.4. The molecule has 24 heavy (non-hydrogen) atoms. The number of benzene rings is 2. The lowest BCUT2D eigenvalue weighted by molar-refractivity contribution is -0.116. The molecule has 0 spiro atoms. The Morgan fingerprint density at radius 3 is 2.79 bits per heavy atom. The first-order valence-electron chi connectivity index (χ1n) is 7.85. The standard InChI is InChI=1S/C20H16FNOS/c1-12-4-2-5-13(8-12)16-10-18(23)22-19-17(11-24-20(16)19)14-6-3-7-15(21)9-14/h2-9,11,16H,10H2,1H3,(H,22,23)/t16-/m1/s1. The summed E-state index contributed by atoms with van der Waals surface area (Å²) in [5.41, 5.74) is 4.84. The molecule has 1 aliphatic rings. The zero-order chi connectivity index (χ0) is 16.7. The van der Waals surface area contributed by atoms with Gasteiger partial charge in [-0.2, -0.15) is 0 Å². The van der Waals surface area contributed by atoms with Crippen molar-refractivity contribution in [2.75, 3.05) is 5.32 Å². The van der Waals surface area contributed by atoms with E-state index in [1.54, 1.807) is 17.4 Å². The SMILES string of the molecule is Cc1cccc([C@H]2CC(=O)Nc3c(-c4cccc(F)c4)csc32)c1. The summed E-state index contributed by atoms with van der Waals surface area (Å²) in [6.45, 7) is 2.06. The van der Waals surface area contributed by atoms with Gasteiger partial charge in [0, 0.05) is 28.2 Å². The Hall–Kier alpha value is -2.46. The van der Waals surface area contributed by atoms with Gasteiger partial charge in [0.05, 0.1) is 5.69 Å². The Kier molecular flexibility index (Phi) is 3.69. The summed E-state index contributed by atoms with van der Waals surface area (Å²) < 4.78 is 13.6. The van der Waals surface area contributed by atoms with Gasteiger partial charge in [-0.1, -0.05) is 42.0 Å². The van der Waals surface area contributed by atoms with Gasteiger partial charge in [0.25, 0.3) is 0 Å². The number of rotatable bonds is 2. The second-order valence-corrected chi connectivity index (χ2v) is 7.03. The molecule has 0 bridgehead atoms. The molecule has 0 aliphatic carbocycles. The highest BCUT2D eigenvalue weighted by molar-refractivity contribution is 7.11. The number of fused-ring (bicyclic) bond motifs is 1. The van der Waals surface area contributed by atoms with Gasteiger partial charge in [-0.25, -0.2) is 4.39 Å². The van der Waals surface area contributed by atoms with Crippen molar-refractivity contribution < 1.29 is 9.18 Å². The fraction of sp³-hybridized carbons (Fsp3) is 0.150. The molecule has 2 heterocycles. The Labute approximate surface area is 144 Å². The van der Waals surface area contributed by atoms with Crippen molar-refractivity contribution in [3.8, 4) is 11.1 Å². The number of halogens is 1. The Bertz CT molecular complexity index is 931. The molecule has 3 aromatic rings. The monoisotopic (exact) mass is 337 g/mol. The maximum Gasteiger partial charge on any atom is 0.225 e. The minimum atomic E-state index is -0.273. The van der Waals surface area contributed by atoms with Crippen LogP contribution in [0.5, 0.6) is 0 Å². The molecule has 4 rings (SSSR count). The van der Waals surface area contributed by atoms with Gasteiger partial charge >= 0.3 is 0 Å². The van der Waals surface area contributed by atoms with E-state index in [2.05, 4.69) is 30.4 Å². The highest BCUT2D eigenvalue weighted by Gasteiger charge is 2.30. The zero-order valence-corrected chi connectivity index (χ0v) is 14.0. The maximum atomic E-state index is 13.6. The van der Waals surface area contributed by atoms with Crippen LogP contribution < -0.4 is 5.32 Å². The number of carbonyl (C=O) groups excluding carboxylic acids is 1. The number of anilines is 1. The van der Waals surface area contributed by atoms with E-state index in [0.717, 1.165) is 27.3 Å². The van der Waals surface area contributed by atoms with Gasteiger partial charge in [0.15, 0.2) is 0 Å². The van der Waals surface area contributed by atoms with Crippen LogP contribution in [-0.4, -0.2) is 5.91 Å². The molecule has 0 saturated carbocycles. The summed E-state index contributed by atoms with van der Waals surface area (Å²) in [7, 11) is 0. The van der Waals surface area contributed by atoms with E-state index < -0.39 is 0 Å². The van der Waals surface area contributed by atoms with Gasteiger partial charge in [-0.3, -0.25) is 4.79 Å². The second-order valence-electron chi connectivity index (χ2n) is 6.12. The van der Waals surface area contributed by atoms with Crippen LogP contribution in [0.25, 0.3) is 11.1 Å².